The fourth-order valence-corrected chi connectivity index (χ4v) is 3.92. The van der Waals surface area contributed by atoms with Crippen LogP contribution in [0.15, 0.2) is 34.9 Å². The monoisotopic (exact) mass is 425 g/mol. The molecule has 2 rings (SSSR count). The van der Waals surface area contributed by atoms with Crippen molar-refractivity contribution in [2.75, 3.05) is 12.3 Å². The number of nitrogens with one attached hydrogen (secondary N) is 1. The molecular formula is C18H23N3O7S. The number of thioether (sulfide) groups is 1. The Morgan fingerprint density at radius 2 is 2.07 bits per heavy atom. The van der Waals surface area contributed by atoms with Gasteiger partial charge < -0.3 is 26.0 Å². The van der Waals surface area contributed by atoms with Crippen LogP contribution in [0.1, 0.15) is 18.9 Å². The Labute approximate surface area is 171 Å². The summed E-state index contributed by atoms with van der Waals surface area (Å²) in [5, 5.41) is 32.8. The molecule has 3 atom stereocenters. The number of benzene rings is 1. The fourth-order valence-electron chi connectivity index (χ4n) is 2.97. The highest BCUT2D eigenvalue weighted by Gasteiger charge is 2.39. The summed E-state index contributed by atoms with van der Waals surface area (Å²) in [5.74, 6) is -2.39. The Morgan fingerprint density at radius 1 is 1.41 bits per heavy atom. The van der Waals surface area contributed by atoms with Gasteiger partial charge in [0.15, 0.2) is 0 Å². The maximum atomic E-state index is 12.6. The lowest BCUT2D eigenvalue weighted by Crippen LogP contribution is -2.43. The van der Waals surface area contributed by atoms with E-state index in [1.54, 1.807) is 0 Å². The molecule has 1 heterocycles. The number of nitrogens with two attached hydrogens (primary N) is 1. The molecule has 0 saturated carbocycles. The summed E-state index contributed by atoms with van der Waals surface area (Å²) in [6, 6.07) is 4.95. The van der Waals surface area contributed by atoms with Gasteiger partial charge in [0.1, 0.15) is 18.2 Å². The SMILES string of the molecule is C[C@@H](O)[C@@H](C(=O)O)[C@H]1CC(SCCN)=C(C(=O)OCc2ccc([N+](=O)[O-])cc2)N1. The Bertz CT molecular complexity index is 795. The number of aliphatic carboxylic acids is 1. The van der Waals surface area contributed by atoms with E-state index in [-0.39, 0.29) is 24.4 Å². The molecule has 0 aliphatic carbocycles. The fraction of sp³-hybridized carbons (Fsp3) is 0.444. The number of carboxylic acids is 1. The summed E-state index contributed by atoms with van der Waals surface area (Å²) in [4.78, 5) is 34.9. The number of aliphatic hydroxyl groups is 1. The number of carbonyl (C=O) groups is 2. The van der Waals surface area contributed by atoms with Crippen molar-refractivity contribution in [1.29, 1.82) is 0 Å². The standard InChI is InChI=1S/C18H23N3O7S/c1-10(22)15(17(23)24)13-8-14(29-7-6-19)16(20-13)18(25)28-9-11-2-4-12(5-3-11)21(26)27/h2-5,10,13,15,20,22H,6-9,19H2,1H3,(H,23,24)/t10-,13-,15-/m1/s1. The van der Waals surface area contributed by atoms with Gasteiger partial charge in [0.05, 0.1) is 11.0 Å². The summed E-state index contributed by atoms with van der Waals surface area (Å²) in [7, 11) is 0. The second kappa shape index (κ2) is 10.2. The molecule has 1 aromatic rings. The molecule has 1 aliphatic heterocycles. The Morgan fingerprint density at radius 3 is 2.59 bits per heavy atom. The Balaban J connectivity index is 2.09. The van der Waals surface area contributed by atoms with Crippen molar-refractivity contribution in [3.05, 3.63) is 50.5 Å². The first-order valence-corrected chi connectivity index (χ1v) is 9.87. The first-order chi connectivity index (χ1) is 13.7. The van der Waals surface area contributed by atoms with Crippen molar-refractivity contribution in [1.82, 2.24) is 5.32 Å². The normalized spacial score (nSPS) is 18.1. The van der Waals surface area contributed by atoms with Gasteiger partial charge >= 0.3 is 11.9 Å². The van der Waals surface area contributed by atoms with E-state index < -0.39 is 34.9 Å². The van der Waals surface area contributed by atoms with Gasteiger partial charge in [-0.3, -0.25) is 14.9 Å². The molecule has 29 heavy (non-hydrogen) atoms. The van der Waals surface area contributed by atoms with Crippen LogP contribution in [-0.4, -0.2) is 51.5 Å². The molecule has 0 amide bonds. The molecule has 0 bridgehead atoms. The molecular weight excluding hydrogens is 402 g/mol. The van der Waals surface area contributed by atoms with Crippen molar-refractivity contribution < 1.29 is 29.5 Å². The molecule has 0 unspecified atom stereocenters. The molecule has 0 saturated heterocycles. The molecule has 1 aliphatic rings. The Hall–Kier alpha value is -2.63. The van der Waals surface area contributed by atoms with Gasteiger partial charge in [0.25, 0.3) is 5.69 Å². The van der Waals surface area contributed by atoms with E-state index in [4.69, 9.17) is 10.5 Å². The number of esters is 1. The second-order valence-electron chi connectivity index (χ2n) is 6.49. The predicted molar refractivity (Wildman–Crippen MR) is 106 cm³/mol. The highest BCUT2D eigenvalue weighted by molar-refractivity contribution is 8.03. The van der Waals surface area contributed by atoms with Crippen LogP contribution in [0.2, 0.25) is 0 Å². The maximum Gasteiger partial charge on any atom is 0.355 e. The van der Waals surface area contributed by atoms with Gasteiger partial charge in [0, 0.05) is 41.8 Å². The molecule has 0 spiro atoms. The average molecular weight is 425 g/mol. The summed E-state index contributed by atoms with van der Waals surface area (Å²) in [6.07, 6.45) is -0.852. The smallest absolute Gasteiger partial charge is 0.355 e. The van der Waals surface area contributed by atoms with Crippen LogP contribution in [-0.2, 0) is 20.9 Å². The number of nitro groups is 1. The zero-order chi connectivity index (χ0) is 21.6. The molecule has 0 radical (unpaired) electrons. The molecule has 1 aromatic carbocycles. The third-order valence-corrected chi connectivity index (χ3v) is 5.53. The minimum absolute atomic E-state index is 0.0682. The summed E-state index contributed by atoms with van der Waals surface area (Å²) in [5.41, 5.74) is 6.18. The summed E-state index contributed by atoms with van der Waals surface area (Å²) >= 11 is 1.33. The first kappa shape index (κ1) is 22.7. The van der Waals surface area contributed by atoms with Gasteiger partial charge in [-0.15, -0.1) is 11.8 Å². The second-order valence-corrected chi connectivity index (χ2v) is 7.68. The number of carbonyl (C=O) groups excluding carboxylic acids is 1. The Kier molecular flexibility index (Phi) is 8.00. The average Bonchev–Trinajstić information content (AvgIpc) is 3.07. The minimum Gasteiger partial charge on any atom is -0.481 e. The number of carboxylic acid groups (broad SMARTS) is 1. The van der Waals surface area contributed by atoms with E-state index in [9.17, 15) is 29.9 Å². The third-order valence-electron chi connectivity index (χ3n) is 4.37. The molecule has 158 valence electrons. The van der Waals surface area contributed by atoms with Crippen LogP contribution in [0.4, 0.5) is 5.69 Å². The number of nitrogens with zero attached hydrogens (tertiary/aromatic N) is 1. The van der Waals surface area contributed by atoms with Crippen LogP contribution >= 0.6 is 11.8 Å². The lowest BCUT2D eigenvalue weighted by Gasteiger charge is -2.23. The highest BCUT2D eigenvalue weighted by atomic mass is 32.2. The molecule has 10 nitrogen and oxygen atoms in total. The summed E-state index contributed by atoms with van der Waals surface area (Å²) in [6.45, 7) is 1.67. The number of hydrogen-bond acceptors (Lipinski definition) is 9. The van der Waals surface area contributed by atoms with Gasteiger partial charge in [-0.2, -0.15) is 0 Å². The van der Waals surface area contributed by atoms with Crippen LogP contribution in [0.5, 0.6) is 0 Å². The van der Waals surface area contributed by atoms with E-state index in [1.807, 2.05) is 0 Å². The first-order valence-electron chi connectivity index (χ1n) is 8.88. The van der Waals surface area contributed by atoms with E-state index in [0.29, 0.717) is 22.8 Å². The van der Waals surface area contributed by atoms with Crippen molar-refractivity contribution in [2.45, 2.75) is 32.1 Å². The third kappa shape index (κ3) is 5.92. The number of ether oxygens (including phenoxy) is 1. The maximum absolute atomic E-state index is 12.6. The van der Waals surface area contributed by atoms with Crippen LogP contribution in [0, 0.1) is 16.0 Å². The molecule has 5 N–H and O–H groups in total. The quantitative estimate of drug-likeness (QED) is 0.241. The molecule has 0 aromatic heterocycles. The molecule has 0 fully saturated rings. The lowest BCUT2D eigenvalue weighted by atomic mass is 9.93. The number of hydrogen-bond donors (Lipinski definition) is 4. The van der Waals surface area contributed by atoms with Crippen molar-refractivity contribution in [2.24, 2.45) is 11.7 Å². The van der Waals surface area contributed by atoms with Crippen LogP contribution in [0.3, 0.4) is 0 Å². The topological polar surface area (TPSA) is 165 Å². The number of rotatable bonds is 10. The van der Waals surface area contributed by atoms with E-state index >= 15 is 0 Å². The largest absolute Gasteiger partial charge is 0.481 e. The summed E-state index contributed by atoms with van der Waals surface area (Å²) < 4.78 is 5.29. The highest BCUT2D eigenvalue weighted by Crippen LogP contribution is 2.33. The van der Waals surface area contributed by atoms with Gasteiger partial charge in [-0.25, -0.2) is 4.79 Å². The molecule has 11 heteroatoms. The van der Waals surface area contributed by atoms with Crippen molar-refractivity contribution in [3.8, 4) is 0 Å². The van der Waals surface area contributed by atoms with E-state index in [0.717, 1.165) is 0 Å². The lowest BCUT2D eigenvalue weighted by molar-refractivity contribution is -0.384. The van der Waals surface area contributed by atoms with Crippen LogP contribution in [0.25, 0.3) is 0 Å². The van der Waals surface area contributed by atoms with E-state index in [2.05, 4.69) is 5.32 Å². The zero-order valence-corrected chi connectivity index (χ0v) is 16.6. The van der Waals surface area contributed by atoms with Gasteiger partial charge in [0.2, 0.25) is 0 Å². The number of non-ortho nitro benzene ring substituents is 1. The number of nitro benzene ring substituents is 1. The van der Waals surface area contributed by atoms with E-state index in [1.165, 1.54) is 43.0 Å². The van der Waals surface area contributed by atoms with Crippen molar-refractivity contribution in [3.63, 3.8) is 0 Å². The number of aliphatic hydroxyl groups excluding tert-OH is 1. The predicted octanol–water partition coefficient (Wildman–Crippen LogP) is 0.985. The van der Waals surface area contributed by atoms with Crippen molar-refractivity contribution >= 4 is 29.4 Å². The zero-order valence-electron chi connectivity index (χ0n) is 15.7. The minimum atomic E-state index is -1.17. The van der Waals surface area contributed by atoms with Gasteiger partial charge in [-0.05, 0) is 24.6 Å². The van der Waals surface area contributed by atoms with Gasteiger partial charge in [-0.1, -0.05) is 0 Å². The van der Waals surface area contributed by atoms with Crippen LogP contribution < -0.4 is 11.1 Å².